The van der Waals surface area contributed by atoms with Crippen molar-refractivity contribution in [3.05, 3.63) is 69.2 Å². The third-order valence-corrected chi connectivity index (χ3v) is 7.80. The van der Waals surface area contributed by atoms with E-state index in [1.54, 1.807) is 23.1 Å². The van der Waals surface area contributed by atoms with Crippen molar-refractivity contribution < 1.29 is 0 Å². The molecule has 1 saturated carbocycles. The first-order chi connectivity index (χ1) is 12.7. The Morgan fingerprint density at radius 2 is 1.88 bits per heavy atom. The largest absolute Gasteiger partial charge is 0.264 e. The maximum atomic E-state index is 6.08. The summed E-state index contributed by atoms with van der Waals surface area (Å²) in [6.45, 7) is 1.04. The van der Waals surface area contributed by atoms with Crippen LogP contribution in [0.2, 0.25) is 10.0 Å². The fourth-order valence-corrected chi connectivity index (χ4v) is 5.60. The lowest BCUT2D eigenvalue weighted by atomic mass is 9.56. The summed E-state index contributed by atoms with van der Waals surface area (Å²) < 4.78 is 3.54. The van der Waals surface area contributed by atoms with Gasteiger partial charge in [-0.15, -0.1) is 0 Å². The molecule has 1 spiro atoms. The highest BCUT2D eigenvalue weighted by Crippen LogP contribution is 2.54. The normalized spacial score (nSPS) is 20.6. The van der Waals surface area contributed by atoms with E-state index in [-0.39, 0.29) is 0 Å². The van der Waals surface area contributed by atoms with E-state index in [0.717, 1.165) is 12.3 Å². The fraction of sp³-hybridized carbons (Fsp3) is 0.455. The number of hydrogen-bond donors (Lipinski definition) is 1. The molecule has 1 N–H and O–H groups in total. The number of hydrogen-bond acceptors (Lipinski definition) is 2. The van der Waals surface area contributed by atoms with Gasteiger partial charge in [0.05, 0.1) is 10.0 Å². The SMILES string of the molecule is Clc1ccc(CSNCCC2CCC3(CCC3)c3ccccc32)cc1Cl. The van der Waals surface area contributed by atoms with Gasteiger partial charge >= 0.3 is 0 Å². The van der Waals surface area contributed by atoms with E-state index in [1.165, 1.54) is 44.1 Å². The minimum Gasteiger partial charge on any atom is -0.264 e. The van der Waals surface area contributed by atoms with Gasteiger partial charge in [-0.3, -0.25) is 4.72 Å². The molecule has 2 aliphatic rings. The highest BCUT2D eigenvalue weighted by Gasteiger charge is 2.43. The molecule has 0 amide bonds. The molecule has 4 rings (SSSR count). The van der Waals surface area contributed by atoms with E-state index in [0.29, 0.717) is 21.4 Å². The Kier molecular flexibility index (Phi) is 5.85. The topological polar surface area (TPSA) is 12.0 Å². The molecule has 1 atom stereocenters. The quantitative estimate of drug-likeness (QED) is 0.405. The van der Waals surface area contributed by atoms with Crippen LogP contribution < -0.4 is 4.72 Å². The third-order valence-electron chi connectivity index (χ3n) is 6.17. The molecule has 0 aromatic heterocycles. The Bertz CT molecular complexity index is 772. The Labute approximate surface area is 171 Å². The van der Waals surface area contributed by atoms with E-state index in [1.807, 2.05) is 18.2 Å². The van der Waals surface area contributed by atoms with E-state index in [4.69, 9.17) is 23.2 Å². The van der Waals surface area contributed by atoms with Gasteiger partial charge < -0.3 is 0 Å². The van der Waals surface area contributed by atoms with E-state index < -0.39 is 0 Å². The summed E-state index contributed by atoms with van der Waals surface area (Å²) in [5.74, 6) is 1.61. The zero-order valence-corrected chi connectivity index (χ0v) is 17.3. The lowest BCUT2D eigenvalue weighted by molar-refractivity contribution is 0.197. The van der Waals surface area contributed by atoms with Crippen molar-refractivity contribution in [1.82, 2.24) is 4.72 Å². The minimum atomic E-state index is 0.531. The molecule has 2 aliphatic carbocycles. The molecule has 0 aliphatic heterocycles. The van der Waals surface area contributed by atoms with Gasteiger partial charge in [-0.1, -0.05) is 71.9 Å². The molecule has 1 unspecified atom stereocenters. The van der Waals surface area contributed by atoms with Crippen molar-refractivity contribution in [2.75, 3.05) is 6.54 Å². The third kappa shape index (κ3) is 3.80. The van der Waals surface area contributed by atoms with Gasteiger partial charge in [-0.2, -0.15) is 0 Å². The number of nitrogens with one attached hydrogen (secondary N) is 1. The van der Waals surface area contributed by atoms with Gasteiger partial charge in [0.15, 0.2) is 0 Å². The van der Waals surface area contributed by atoms with Crippen molar-refractivity contribution in [1.29, 1.82) is 0 Å². The summed E-state index contributed by atoms with van der Waals surface area (Å²) in [6, 6.07) is 15.1. The maximum absolute atomic E-state index is 6.08. The second kappa shape index (κ2) is 8.14. The Morgan fingerprint density at radius 3 is 2.65 bits per heavy atom. The second-order valence-corrected chi connectivity index (χ2v) is 9.36. The average molecular weight is 406 g/mol. The van der Waals surface area contributed by atoms with Crippen molar-refractivity contribution in [3.63, 3.8) is 0 Å². The van der Waals surface area contributed by atoms with Crippen LogP contribution in [0.5, 0.6) is 0 Å². The first-order valence-corrected chi connectivity index (χ1v) is 11.3. The second-order valence-electron chi connectivity index (χ2n) is 7.68. The monoisotopic (exact) mass is 405 g/mol. The predicted molar refractivity (Wildman–Crippen MR) is 114 cm³/mol. The number of rotatable bonds is 6. The summed E-state index contributed by atoms with van der Waals surface area (Å²) in [5, 5.41) is 1.25. The smallest absolute Gasteiger partial charge is 0.0595 e. The summed E-state index contributed by atoms with van der Waals surface area (Å²) in [7, 11) is 0. The van der Waals surface area contributed by atoms with Gasteiger partial charge in [0.1, 0.15) is 0 Å². The number of halogens is 2. The molecular formula is C22H25Cl2NS. The Hall–Kier alpha value is -0.670. The lowest BCUT2D eigenvalue weighted by Crippen LogP contribution is -2.38. The molecule has 0 bridgehead atoms. The standard InChI is InChI=1S/C22H25Cl2NS/c23-20-7-6-16(14-21(20)24)15-26-25-13-9-17-8-12-22(10-3-11-22)19-5-2-1-4-18(17)19/h1-2,4-7,14,17,25H,3,8-13,15H2. The van der Waals surface area contributed by atoms with E-state index >= 15 is 0 Å². The van der Waals surface area contributed by atoms with Crippen LogP contribution in [0.3, 0.4) is 0 Å². The zero-order valence-electron chi connectivity index (χ0n) is 14.9. The summed E-state index contributed by atoms with van der Waals surface area (Å²) in [5.41, 5.74) is 5.01. The van der Waals surface area contributed by atoms with Crippen LogP contribution in [0.15, 0.2) is 42.5 Å². The molecule has 2 aromatic rings. The van der Waals surface area contributed by atoms with Crippen LogP contribution in [0.1, 0.15) is 61.1 Å². The summed E-state index contributed by atoms with van der Waals surface area (Å²) >= 11 is 13.8. The van der Waals surface area contributed by atoms with Crippen LogP contribution in [-0.4, -0.2) is 6.54 Å². The molecule has 0 heterocycles. The highest BCUT2D eigenvalue weighted by atomic mass is 35.5. The van der Waals surface area contributed by atoms with Crippen molar-refractivity contribution >= 4 is 35.1 Å². The molecule has 2 aromatic carbocycles. The van der Waals surface area contributed by atoms with Crippen LogP contribution in [-0.2, 0) is 11.2 Å². The van der Waals surface area contributed by atoms with Crippen LogP contribution in [0.4, 0.5) is 0 Å². The average Bonchev–Trinajstić information content (AvgIpc) is 2.63. The van der Waals surface area contributed by atoms with E-state index in [9.17, 15) is 0 Å². The van der Waals surface area contributed by atoms with E-state index in [2.05, 4.69) is 29.0 Å². The molecule has 4 heteroatoms. The van der Waals surface area contributed by atoms with Gasteiger partial charge in [0, 0.05) is 12.3 Å². The van der Waals surface area contributed by atoms with Gasteiger partial charge in [0.2, 0.25) is 0 Å². The predicted octanol–water partition coefficient (Wildman–Crippen LogP) is 7.12. The molecular weight excluding hydrogens is 381 g/mol. The molecule has 26 heavy (non-hydrogen) atoms. The molecule has 1 fully saturated rings. The van der Waals surface area contributed by atoms with Gasteiger partial charge in [-0.25, -0.2) is 0 Å². The first-order valence-electron chi connectivity index (χ1n) is 9.56. The Balaban J connectivity index is 1.28. The molecule has 138 valence electrons. The van der Waals surface area contributed by atoms with Crippen molar-refractivity contribution in [2.45, 2.75) is 55.6 Å². The molecule has 0 radical (unpaired) electrons. The minimum absolute atomic E-state index is 0.531. The van der Waals surface area contributed by atoms with Crippen molar-refractivity contribution in [3.8, 4) is 0 Å². The van der Waals surface area contributed by atoms with Crippen LogP contribution in [0, 0.1) is 0 Å². The Morgan fingerprint density at radius 1 is 1.04 bits per heavy atom. The van der Waals surface area contributed by atoms with Crippen LogP contribution >= 0.6 is 35.1 Å². The van der Waals surface area contributed by atoms with Gasteiger partial charge in [-0.05, 0) is 72.3 Å². The molecule has 0 saturated heterocycles. The zero-order chi connectivity index (χ0) is 18.0. The summed E-state index contributed by atoms with van der Waals surface area (Å²) in [6.07, 6.45) is 8.14. The number of fused-ring (bicyclic) bond motifs is 2. The van der Waals surface area contributed by atoms with Gasteiger partial charge in [0.25, 0.3) is 0 Å². The first kappa shape index (κ1) is 18.7. The summed E-state index contributed by atoms with van der Waals surface area (Å²) in [4.78, 5) is 0. The fourth-order valence-electron chi connectivity index (χ4n) is 4.57. The number of benzene rings is 2. The highest BCUT2D eigenvalue weighted by molar-refractivity contribution is 7.96. The lowest BCUT2D eigenvalue weighted by Gasteiger charge is -2.48. The van der Waals surface area contributed by atoms with Crippen molar-refractivity contribution in [2.24, 2.45) is 0 Å². The van der Waals surface area contributed by atoms with Crippen LogP contribution in [0.25, 0.3) is 0 Å². The maximum Gasteiger partial charge on any atom is 0.0595 e. The molecule has 1 nitrogen and oxygen atoms in total.